The van der Waals surface area contributed by atoms with Crippen LogP contribution in [0.4, 0.5) is 0 Å². The van der Waals surface area contributed by atoms with Crippen molar-refractivity contribution in [3.05, 3.63) is 22.4 Å². The van der Waals surface area contributed by atoms with Gasteiger partial charge in [-0.05, 0) is 24.3 Å². The van der Waals surface area contributed by atoms with Gasteiger partial charge in [-0.1, -0.05) is 6.07 Å². The van der Waals surface area contributed by atoms with Crippen LogP contribution < -0.4 is 5.32 Å². The van der Waals surface area contributed by atoms with Gasteiger partial charge in [-0.25, -0.2) is 0 Å². The van der Waals surface area contributed by atoms with Crippen molar-refractivity contribution < 1.29 is 4.74 Å². The van der Waals surface area contributed by atoms with E-state index in [1.54, 1.807) is 0 Å². The summed E-state index contributed by atoms with van der Waals surface area (Å²) in [5, 5.41) is 5.72. The highest BCUT2D eigenvalue weighted by Gasteiger charge is 2.31. The Kier molecular flexibility index (Phi) is 3.76. The standard InChI is InChI=1S/C13H20N2OS/c1-2-13(17-7-1)9-15(12-3-4-12)8-11-10-16-6-5-14-11/h1-2,7,11-12,14H,3-6,8-10H2. The van der Waals surface area contributed by atoms with Crippen molar-refractivity contribution in [2.24, 2.45) is 0 Å². The molecule has 17 heavy (non-hydrogen) atoms. The molecule has 94 valence electrons. The lowest BCUT2D eigenvalue weighted by atomic mass is 10.2. The molecule has 1 saturated heterocycles. The molecule has 1 aromatic heterocycles. The van der Waals surface area contributed by atoms with Crippen LogP contribution in [0, 0.1) is 0 Å². The smallest absolute Gasteiger partial charge is 0.0632 e. The zero-order chi connectivity index (χ0) is 11.5. The molecule has 0 spiro atoms. The van der Waals surface area contributed by atoms with Crippen LogP contribution in [-0.4, -0.2) is 43.3 Å². The maximum absolute atomic E-state index is 5.53. The predicted molar refractivity (Wildman–Crippen MR) is 70.4 cm³/mol. The maximum Gasteiger partial charge on any atom is 0.0632 e. The third-order valence-electron chi connectivity index (χ3n) is 3.46. The van der Waals surface area contributed by atoms with Crippen molar-refractivity contribution in [1.29, 1.82) is 0 Å². The second kappa shape index (κ2) is 5.48. The SMILES string of the molecule is c1csc(CN(CC2COCCN2)C2CC2)c1. The van der Waals surface area contributed by atoms with Crippen LogP contribution in [0.15, 0.2) is 17.5 Å². The van der Waals surface area contributed by atoms with E-state index in [9.17, 15) is 0 Å². The molecule has 1 aliphatic carbocycles. The average molecular weight is 252 g/mol. The van der Waals surface area contributed by atoms with Gasteiger partial charge in [0.2, 0.25) is 0 Å². The minimum atomic E-state index is 0.518. The van der Waals surface area contributed by atoms with Crippen LogP contribution >= 0.6 is 11.3 Å². The van der Waals surface area contributed by atoms with E-state index >= 15 is 0 Å². The van der Waals surface area contributed by atoms with E-state index in [0.29, 0.717) is 6.04 Å². The number of morpholine rings is 1. The Morgan fingerprint density at radius 3 is 3.06 bits per heavy atom. The molecule has 1 aliphatic heterocycles. The Morgan fingerprint density at radius 2 is 2.41 bits per heavy atom. The van der Waals surface area contributed by atoms with Crippen molar-refractivity contribution in [1.82, 2.24) is 10.2 Å². The first-order valence-electron chi connectivity index (χ1n) is 6.49. The molecule has 1 aromatic rings. The first-order chi connectivity index (χ1) is 8.42. The summed E-state index contributed by atoms with van der Waals surface area (Å²) in [7, 11) is 0. The zero-order valence-electron chi connectivity index (χ0n) is 10.1. The van der Waals surface area contributed by atoms with Crippen molar-refractivity contribution in [2.75, 3.05) is 26.3 Å². The average Bonchev–Trinajstić information content (AvgIpc) is 3.09. The molecule has 1 unspecified atom stereocenters. The summed E-state index contributed by atoms with van der Waals surface area (Å²) in [6.07, 6.45) is 2.75. The first-order valence-corrected chi connectivity index (χ1v) is 7.37. The number of nitrogens with zero attached hydrogens (tertiary/aromatic N) is 1. The largest absolute Gasteiger partial charge is 0.378 e. The summed E-state index contributed by atoms with van der Waals surface area (Å²) in [4.78, 5) is 4.10. The number of hydrogen-bond donors (Lipinski definition) is 1. The van der Waals surface area contributed by atoms with Crippen LogP contribution in [0.2, 0.25) is 0 Å². The van der Waals surface area contributed by atoms with Crippen LogP contribution in [0.1, 0.15) is 17.7 Å². The Bertz CT molecular complexity index is 331. The number of rotatable bonds is 5. The van der Waals surface area contributed by atoms with Gasteiger partial charge in [0.05, 0.1) is 13.2 Å². The van der Waals surface area contributed by atoms with Crippen molar-refractivity contribution in [3.63, 3.8) is 0 Å². The summed E-state index contributed by atoms with van der Waals surface area (Å²) in [5.74, 6) is 0. The molecule has 0 radical (unpaired) electrons. The van der Waals surface area contributed by atoms with Crippen LogP contribution in [0.25, 0.3) is 0 Å². The normalized spacial score (nSPS) is 25.4. The molecule has 0 bridgehead atoms. The molecule has 2 fully saturated rings. The molecule has 4 heteroatoms. The maximum atomic E-state index is 5.53. The molecule has 1 atom stereocenters. The Labute approximate surface area is 107 Å². The molecule has 0 aromatic carbocycles. The van der Waals surface area contributed by atoms with Crippen molar-refractivity contribution in [2.45, 2.75) is 31.5 Å². The number of nitrogens with one attached hydrogen (secondary N) is 1. The Hall–Kier alpha value is -0.420. The minimum absolute atomic E-state index is 0.518. The lowest BCUT2D eigenvalue weighted by Gasteiger charge is -2.30. The summed E-state index contributed by atoms with van der Waals surface area (Å²) in [6.45, 7) is 4.98. The Morgan fingerprint density at radius 1 is 1.47 bits per heavy atom. The highest BCUT2D eigenvalue weighted by molar-refractivity contribution is 7.09. The fourth-order valence-corrected chi connectivity index (χ4v) is 3.13. The highest BCUT2D eigenvalue weighted by atomic mass is 32.1. The lowest BCUT2D eigenvalue weighted by molar-refractivity contribution is 0.0594. The van der Waals surface area contributed by atoms with E-state index in [1.807, 2.05) is 11.3 Å². The topological polar surface area (TPSA) is 24.5 Å². The van der Waals surface area contributed by atoms with Gasteiger partial charge in [0, 0.05) is 36.6 Å². The molecule has 2 heterocycles. The second-order valence-electron chi connectivity index (χ2n) is 4.97. The van der Waals surface area contributed by atoms with E-state index in [2.05, 4.69) is 27.7 Å². The number of hydrogen-bond acceptors (Lipinski definition) is 4. The van der Waals surface area contributed by atoms with E-state index in [0.717, 1.165) is 38.9 Å². The summed E-state index contributed by atoms with van der Waals surface area (Å²) < 4.78 is 5.53. The van der Waals surface area contributed by atoms with Gasteiger partial charge in [0.25, 0.3) is 0 Å². The molecule has 0 amide bonds. The van der Waals surface area contributed by atoms with Crippen LogP contribution in [0.5, 0.6) is 0 Å². The molecule has 3 nitrogen and oxygen atoms in total. The lowest BCUT2D eigenvalue weighted by Crippen LogP contribution is -2.48. The fourth-order valence-electron chi connectivity index (χ4n) is 2.41. The molecule has 2 aliphatic rings. The van der Waals surface area contributed by atoms with E-state index < -0.39 is 0 Å². The van der Waals surface area contributed by atoms with Gasteiger partial charge >= 0.3 is 0 Å². The van der Waals surface area contributed by atoms with Gasteiger partial charge in [-0.2, -0.15) is 0 Å². The molecular formula is C13H20N2OS. The third-order valence-corrected chi connectivity index (χ3v) is 4.32. The van der Waals surface area contributed by atoms with Gasteiger partial charge in [0.1, 0.15) is 0 Å². The van der Waals surface area contributed by atoms with Gasteiger partial charge in [0.15, 0.2) is 0 Å². The third kappa shape index (κ3) is 3.28. The van der Waals surface area contributed by atoms with Gasteiger partial charge in [-0.15, -0.1) is 11.3 Å². The van der Waals surface area contributed by atoms with Crippen LogP contribution in [0.3, 0.4) is 0 Å². The van der Waals surface area contributed by atoms with E-state index in [4.69, 9.17) is 4.74 Å². The van der Waals surface area contributed by atoms with Crippen molar-refractivity contribution in [3.8, 4) is 0 Å². The fraction of sp³-hybridized carbons (Fsp3) is 0.692. The quantitative estimate of drug-likeness (QED) is 0.863. The molecular weight excluding hydrogens is 232 g/mol. The predicted octanol–water partition coefficient (Wildman–Crippen LogP) is 1.70. The Balaban J connectivity index is 1.56. The minimum Gasteiger partial charge on any atom is -0.378 e. The number of thiophene rings is 1. The van der Waals surface area contributed by atoms with Crippen LogP contribution in [-0.2, 0) is 11.3 Å². The first kappa shape index (κ1) is 11.7. The number of ether oxygens (including phenoxy) is 1. The summed E-state index contributed by atoms with van der Waals surface area (Å²) in [5.41, 5.74) is 0. The molecule has 3 rings (SSSR count). The van der Waals surface area contributed by atoms with Gasteiger partial charge < -0.3 is 10.1 Å². The zero-order valence-corrected chi connectivity index (χ0v) is 10.9. The second-order valence-corrected chi connectivity index (χ2v) is 6.00. The van der Waals surface area contributed by atoms with Crippen molar-refractivity contribution >= 4 is 11.3 Å². The molecule has 1 saturated carbocycles. The van der Waals surface area contributed by atoms with E-state index in [1.165, 1.54) is 17.7 Å². The summed E-state index contributed by atoms with van der Waals surface area (Å²) in [6, 6.07) is 5.72. The molecule has 1 N–H and O–H groups in total. The van der Waals surface area contributed by atoms with E-state index in [-0.39, 0.29) is 0 Å². The summed E-state index contributed by atoms with van der Waals surface area (Å²) >= 11 is 1.87. The highest BCUT2D eigenvalue weighted by Crippen LogP contribution is 2.29. The van der Waals surface area contributed by atoms with Gasteiger partial charge in [-0.3, -0.25) is 4.90 Å². The monoisotopic (exact) mass is 252 g/mol.